The first-order valence-corrected chi connectivity index (χ1v) is 5.74. The molecule has 1 N–H and O–H groups in total. The van der Waals surface area contributed by atoms with Crippen LogP contribution in [0.4, 0.5) is 5.82 Å². The lowest BCUT2D eigenvalue weighted by atomic mass is 9.83. The minimum Gasteiger partial charge on any atom is -0.352 e. The lowest BCUT2D eigenvalue weighted by Crippen LogP contribution is -2.63. The predicted molar refractivity (Wildman–Crippen MR) is 63.2 cm³/mol. The van der Waals surface area contributed by atoms with E-state index in [1.807, 2.05) is 6.20 Å². The number of rotatable bonds is 1. The van der Waals surface area contributed by atoms with Crippen LogP contribution in [-0.2, 0) is 0 Å². The second-order valence-corrected chi connectivity index (χ2v) is 4.66. The molecule has 0 unspecified atom stereocenters. The molecule has 15 heavy (non-hydrogen) atoms. The number of hydrogen-bond donors (Lipinski definition) is 1. The van der Waals surface area contributed by atoms with Crippen molar-refractivity contribution in [3.8, 4) is 0 Å². The molecule has 0 radical (unpaired) electrons. The average molecular weight is 205 g/mol. The normalized spacial score (nSPS) is 29.5. The standard InChI is InChI=1S/C12H17N3.H2/c1-9-2-5-14-12(6-9)15-8-10-3-4-13-7-11(10)15;/h2,5-6,10-11,13H,3-4,7-8H2,1H3;1H/t10-,11-;/m0./s1. The van der Waals surface area contributed by atoms with E-state index in [0.29, 0.717) is 6.04 Å². The Bertz CT molecular complexity index is 369. The van der Waals surface area contributed by atoms with Gasteiger partial charge in [0.2, 0.25) is 0 Å². The first kappa shape index (κ1) is 9.16. The van der Waals surface area contributed by atoms with E-state index in [1.54, 1.807) is 0 Å². The SMILES string of the molecule is Cc1ccnc(N2C[C@@H]3CCNC[C@@H]32)c1.[HH]. The number of nitrogens with zero attached hydrogens (tertiary/aromatic N) is 2. The fourth-order valence-electron chi connectivity index (χ4n) is 2.66. The Hall–Kier alpha value is -1.09. The third-order valence-corrected chi connectivity index (χ3v) is 3.62. The Kier molecular flexibility index (Phi) is 2.13. The van der Waals surface area contributed by atoms with Gasteiger partial charge in [0.15, 0.2) is 0 Å². The number of aryl methyl sites for hydroxylation is 1. The highest BCUT2D eigenvalue weighted by molar-refractivity contribution is 5.46. The molecule has 3 heteroatoms. The highest BCUT2D eigenvalue weighted by Gasteiger charge is 2.40. The van der Waals surface area contributed by atoms with Crippen molar-refractivity contribution < 1.29 is 1.43 Å². The molecular weight excluding hydrogens is 186 g/mol. The molecule has 2 atom stereocenters. The first-order valence-electron chi connectivity index (χ1n) is 5.74. The monoisotopic (exact) mass is 205 g/mol. The zero-order chi connectivity index (χ0) is 10.3. The number of hydrogen-bond acceptors (Lipinski definition) is 3. The summed E-state index contributed by atoms with van der Waals surface area (Å²) in [6.45, 7) is 5.64. The van der Waals surface area contributed by atoms with Crippen LogP contribution in [0, 0.1) is 12.8 Å². The Morgan fingerprint density at radius 2 is 2.53 bits per heavy atom. The van der Waals surface area contributed by atoms with Gasteiger partial charge in [0.1, 0.15) is 5.82 Å². The van der Waals surface area contributed by atoms with E-state index in [9.17, 15) is 0 Å². The van der Waals surface area contributed by atoms with E-state index in [1.165, 1.54) is 25.1 Å². The van der Waals surface area contributed by atoms with Gasteiger partial charge in [-0.1, -0.05) is 0 Å². The molecule has 2 aliphatic heterocycles. The summed E-state index contributed by atoms with van der Waals surface area (Å²) in [6, 6.07) is 4.93. The smallest absolute Gasteiger partial charge is 0.129 e. The number of aromatic nitrogens is 1. The molecule has 2 aliphatic rings. The third-order valence-electron chi connectivity index (χ3n) is 3.62. The molecular formula is C12H19N3. The summed E-state index contributed by atoms with van der Waals surface area (Å²) in [4.78, 5) is 6.89. The van der Waals surface area contributed by atoms with Gasteiger partial charge in [0.25, 0.3) is 0 Å². The van der Waals surface area contributed by atoms with Gasteiger partial charge in [-0.15, -0.1) is 0 Å². The van der Waals surface area contributed by atoms with Crippen LogP contribution < -0.4 is 10.2 Å². The van der Waals surface area contributed by atoms with Crippen LogP contribution in [0.1, 0.15) is 13.4 Å². The Balaban J connectivity index is 0.000000963. The maximum atomic E-state index is 4.45. The fraction of sp³-hybridized carbons (Fsp3) is 0.583. The fourth-order valence-corrected chi connectivity index (χ4v) is 2.66. The minimum absolute atomic E-state index is 0. The molecule has 0 amide bonds. The van der Waals surface area contributed by atoms with Crippen LogP contribution in [0.2, 0.25) is 0 Å². The van der Waals surface area contributed by atoms with E-state index >= 15 is 0 Å². The molecule has 0 saturated carbocycles. The summed E-state index contributed by atoms with van der Waals surface area (Å²) in [5, 5.41) is 3.46. The van der Waals surface area contributed by atoms with Crippen LogP contribution in [-0.4, -0.2) is 30.7 Å². The van der Waals surface area contributed by atoms with Crippen molar-refractivity contribution in [3.63, 3.8) is 0 Å². The van der Waals surface area contributed by atoms with E-state index in [4.69, 9.17) is 0 Å². The van der Waals surface area contributed by atoms with Gasteiger partial charge in [0.05, 0.1) is 0 Å². The highest BCUT2D eigenvalue weighted by atomic mass is 15.3. The molecule has 0 bridgehead atoms. The molecule has 82 valence electrons. The molecule has 0 spiro atoms. The first-order chi connectivity index (χ1) is 7.34. The van der Waals surface area contributed by atoms with Crippen molar-refractivity contribution >= 4 is 5.82 Å². The molecule has 1 aromatic rings. The van der Waals surface area contributed by atoms with Gasteiger partial charge in [-0.3, -0.25) is 0 Å². The topological polar surface area (TPSA) is 28.2 Å². The summed E-state index contributed by atoms with van der Waals surface area (Å²) in [6.07, 6.45) is 3.24. The second-order valence-electron chi connectivity index (χ2n) is 4.66. The molecule has 0 aliphatic carbocycles. The van der Waals surface area contributed by atoms with Crippen LogP contribution in [0.15, 0.2) is 18.3 Å². The van der Waals surface area contributed by atoms with Gasteiger partial charge in [-0.2, -0.15) is 0 Å². The Morgan fingerprint density at radius 1 is 1.60 bits per heavy atom. The molecule has 1 aromatic heterocycles. The average Bonchev–Trinajstić information content (AvgIpc) is 2.20. The quantitative estimate of drug-likeness (QED) is 0.752. The number of piperidine rings is 1. The molecule has 2 fully saturated rings. The number of fused-ring (bicyclic) bond motifs is 1. The van der Waals surface area contributed by atoms with Crippen LogP contribution in [0.25, 0.3) is 0 Å². The van der Waals surface area contributed by atoms with Crippen LogP contribution in [0.5, 0.6) is 0 Å². The van der Waals surface area contributed by atoms with Crippen molar-refractivity contribution in [2.75, 3.05) is 24.5 Å². The highest BCUT2D eigenvalue weighted by Crippen LogP contribution is 2.33. The Labute approximate surface area is 92.0 Å². The van der Waals surface area contributed by atoms with Gasteiger partial charge in [-0.25, -0.2) is 4.98 Å². The van der Waals surface area contributed by atoms with Gasteiger partial charge >= 0.3 is 0 Å². The lowest BCUT2D eigenvalue weighted by molar-refractivity contribution is 0.227. The summed E-state index contributed by atoms with van der Waals surface area (Å²) in [5.41, 5.74) is 1.30. The van der Waals surface area contributed by atoms with Gasteiger partial charge in [0, 0.05) is 26.8 Å². The lowest BCUT2D eigenvalue weighted by Gasteiger charge is -2.51. The molecule has 2 saturated heterocycles. The maximum Gasteiger partial charge on any atom is 0.129 e. The van der Waals surface area contributed by atoms with Crippen LogP contribution >= 0.6 is 0 Å². The number of nitrogens with one attached hydrogen (secondary N) is 1. The van der Waals surface area contributed by atoms with Crippen LogP contribution in [0.3, 0.4) is 0 Å². The van der Waals surface area contributed by atoms with E-state index in [-0.39, 0.29) is 1.43 Å². The second kappa shape index (κ2) is 3.49. The Morgan fingerprint density at radius 3 is 3.33 bits per heavy atom. The molecule has 3 heterocycles. The molecule has 3 rings (SSSR count). The maximum absolute atomic E-state index is 4.45. The zero-order valence-electron chi connectivity index (χ0n) is 9.11. The summed E-state index contributed by atoms with van der Waals surface area (Å²) < 4.78 is 0. The van der Waals surface area contributed by atoms with Crippen molar-refractivity contribution in [2.45, 2.75) is 19.4 Å². The van der Waals surface area contributed by atoms with Gasteiger partial charge in [-0.05, 0) is 43.5 Å². The van der Waals surface area contributed by atoms with E-state index < -0.39 is 0 Å². The number of pyridine rings is 1. The summed E-state index contributed by atoms with van der Waals surface area (Å²) >= 11 is 0. The summed E-state index contributed by atoms with van der Waals surface area (Å²) in [5.74, 6) is 2.05. The zero-order valence-corrected chi connectivity index (χ0v) is 9.11. The number of anilines is 1. The van der Waals surface area contributed by atoms with E-state index in [2.05, 4.69) is 34.3 Å². The largest absolute Gasteiger partial charge is 0.352 e. The van der Waals surface area contributed by atoms with E-state index in [0.717, 1.165) is 18.3 Å². The molecule has 3 nitrogen and oxygen atoms in total. The third kappa shape index (κ3) is 1.51. The van der Waals surface area contributed by atoms with Crippen molar-refractivity contribution in [1.29, 1.82) is 0 Å². The van der Waals surface area contributed by atoms with Crippen molar-refractivity contribution in [1.82, 2.24) is 10.3 Å². The summed E-state index contributed by atoms with van der Waals surface area (Å²) in [7, 11) is 0. The van der Waals surface area contributed by atoms with Gasteiger partial charge < -0.3 is 10.2 Å². The minimum atomic E-state index is 0. The predicted octanol–water partition coefficient (Wildman–Crippen LogP) is 1.43. The van der Waals surface area contributed by atoms with Crippen molar-refractivity contribution in [3.05, 3.63) is 23.9 Å². The van der Waals surface area contributed by atoms with Crippen molar-refractivity contribution in [2.24, 2.45) is 5.92 Å². The molecule has 0 aromatic carbocycles.